The second-order valence-corrected chi connectivity index (χ2v) is 6.90. The Morgan fingerprint density at radius 3 is 2.71 bits per heavy atom. The minimum atomic E-state index is -0.781. The van der Waals surface area contributed by atoms with E-state index in [4.69, 9.17) is 16.0 Å². The molecule has 2 heterocycles. The van der Waals surface area contributed by atoms with Gasteiger partial charge in [-0.1, -0.05) is 41.9 Å². The summed E-state index contributed by atoms with van der Waals surface area (Å²) in [5.41, 5.74) is 1.44. The van der Waals surface area contributed by atoms with Gasteiger partial charge >= 0.3 is 0 Å². The molecule has 5 nitrogen and oxygen atoms in total. The van der Waals surface area contributed by atoms with Gasteiger partial charge in [0.1, 0.15) is 17.7 Å². The Bertz CT molecular complexity index is 1180. The fourth-order valence-corrected chi connectivity index (χ4v) is 3.48. The molecule has 1 N–H and O–H groups in total. The van der Waals surface area contributed by atoms with Crippen LogP contribution in [-0.4, -0.2) is 15.5 Å². The zero-order valence-electron chi connectivity index (χ0n) is 15.2. The van der Waals surface area contributed by atoms with E-state index in [-0.39, 0.29) is 5.76 Å². The average molecular weight is 398 g/mol. The molecule has 0 radical (unpaired) electrons. The molecular weight excluding hydrogens is 381 g/mol. The third-order valence-electron chi connectivity index (χ3n) is 4.73. The number of rotatable bonds is 4. The molecule has 4 aromatic rings. The van der Waals surface area contributed by atoms with Gasteiger partial charge in [-0.15, -0.1) is 0 Å². The first-order valence-corrected chi connectivity index (χ1v) is 9.05. The third-order valence-corrected chi connectivity index (χ3v) is 5.03. The summed E-state index contributed by atoms with van der Waals surface area (Å²) >= 11 is 6.18. The highest BCUT2D eigenvalue weighted by Crippen LogP contribution is 2.31. The molecule has 0 aliphatic heterocycles. The van der Waals surface area contributed by atoms with Crippen LogP contribution in [0.15, 0.2) is 59.3 Å². The highest BCUT2D eigenvalue weighted by Gasteiger charge is 2.27. The summed E-state index contributed by atoms with van der Waals surface area (Å²) in [6.07, 6.45) is 3.34. The van der Waals surface area contributed by atoms with Crippen molar-refractivity contribution >= 4 is 28.5 Å². The first-order valence-electron chi connectivity index (χ1n) is 8.67. The highest BCUT2D eigenvalue weighted by molar-refractivity contribution is 6.35. The number of para-hydroxylation sites is 1. The van der Waals surface area contributed by atoms with Crippen molar-refractivity contribution in [1.82, 2.24) is 14.9 Å². The van der Waals surface area contributed by atoms with Crippen LogP contribution in [-0.2, 0) is 7.05 Å². The number of aromatic nitrogens is 2. The predicted octanol–water partition coefficient (Wildman–Crippen LogP) is 4.79. The largest absolute Gasteiger partial charge is 0.449 e. The molecule has 2 aromatic carbocycles. The molecule has 0 saturated heterocycles. The number of halogens is 2. The number of carbonyl (C=O) groups excluding carboxylic acids is 1. The van der Waals surface area contributed by atoms with E-state index in [0.717, 1.165) is 5.39 Å². The lowest BCUT2D eigenvalue weighted by Gasteiger charge is -2.19. The van der Waals surface area contributed by atoms with Crippen LogP contribution >= 0.6 is 11.6 Å². The lowest BCUT2D eigenvalue weighted by Crippen LogP contribution is -2.31. The van der Waals surface area contributed by atoms with Gasteiger partial charge in [0.15, 0.2) is 11.3 Å². The quantitative estimate of drug-likeness (QED) is 0.538. The zero-order valence-corrected chi connectivity index (χ0v) is 16.0. The summed E-state index contributed by atoms with van der Waals surface area (Å²) in [5.74, 6) is -0.259. The average Bonchev–Trinajstić information content (AvgIpc) is 3.25. The molecule has 0 spiro atoms. The molecule has 0 unspecified atom stereocenters. The molecule has 1 amide bonds. The van der Waals surface area contributed by atoms with Crippen LogP contribution in [0.25, 0.3) is 11.0 Å². The minimum Gasteiger partial charge on any atom is -0.449 e. The molecule has 0 fully saturated rings. The number of hydrogen-bond acceptors (Lipinski definition) is 3. The maximum Gasteiger partial charge on any atom is 0.288 e. The van der Waals surface area contributed by atoms with Gasteiger partial charge in [0, 0.05) is 36.0 Å². The fourth-order valence-electron chi connectivity index (χ4n) is 3.27. The van der Waals surface area contributed by atoms with Crippen molar-refractivity contribution in [3.05, 3.63) is 88.4 Å². The Kier molecular flexibility index (Phi) is 4.65. The van der Waals surface area contributed by atoms with Crippen LogP contribution in [0, 0.1) is 12.7 Å². The number of hydrogen-bond donors (Lipinski definition) is 1. The van der Waals surface area contributed by atoms with Crippen LogP contribution in [0.5, 0.6) is 0 Å². The Morgan fingerprint density at radius 2 is 2.04 bits per heavy atom. The number of nitrogens with one attached hydrogen (secondary N) is 1. The Balaban J connectivity index is 1.77. The van der Waals surface area contributed by atoms with Crippen molar-refractivity contribution in [2.45, 2.75) is 13.0 Å². The van der Waals surface area contributed by atoms with Crippen LogP contribution < -0.4 is 5.32 Å². The van der Waals surface area contributed by atoms with E-state index in [1.165, 1.54) is 6.07 Å². The number of amides is 1. The van der Waals surface area contributed by atoms with Crippen molar-refractivity contribution in [3.63, 3.8) is 0 Å². The van der Waals surface area contributed by atoms with Crippen molar-refractivity contribution in [3.8, 4) is 0 Å². The van der Waals surface area contributed by atoms with E-state index < -0.39 is 17.8 Å². The summed E-state index contributed by atoms with van der Waals surface area (Å²) in [7, 11) is 1.79. The molecule has 0 saturated carbocycles. The molecule has 7 heteroatoms. The van der Waals surface area contributed by atoms with Crippen LogP contribution in [0.1, 0.15) is 33.5 Å². The van der Waals surface area contributed by atoms with Crippen molar-refractivity contribution in [2.24, 2.45) is 7.05 Å². The molecule has 4 rings (SSSR count). The van der Waals surface area contributed by atoms with Crippen LogP contribution in [0.3, 0.4) is 0 Å². The van der Waals surface area contributed by atoms with Gasteiger partial charge in [0.25, 0.3) is 5.91 Å². The standard InChI is InChI=1S/C21H17ClFN3O2/c1-12-13-7-5-8-15(22)19(13)28-18(12)21(27)25-17(20-24-10-11-26(20)2)14-6-3-4-9-16(14)23/h3-11,17H,1-2H3,(H,25,27)/t17-/m1/s1. The van der Waals surface area contributed by atoms with Crippen molar-refractivity contribution < 1.29 is 13.6 Å². The number of carbonyl (C=O) groups is 1. The van der Waals surface area contributed by atoms with Crippen molar-refractivity contribution in [2.75, 3.05) is 0 Å². The first kappa shape index (κ1) is 18.3. The van der Waals surface area contributed by atoms with Gasteiger partial charge in [-0.05, 0) is 19.1 Å². The SMILES string of the molecule is Cc1c(C(=O)N[C@H](c2ccccc2F)c2nccn2C)oc2c(Cl)cccc12. The van der Waals surface area contributed by atoms with Crippen molar-refractivity contribution in [1.29, 1.82) is 0 Å². The number of aryl methyl sites for hydroxylation is 2. The normalized spacial score (nSPS) is 12.3. The van der Waals surface area contributed by atoms with E-state index in [1.54, 1.807) is 61.3 Å². The lowest BCUT2D eigenvalue weighted by molar-refractivity contribution is 0.0914. The molecule has 1 atom stereocenters. The monoisotopic (exact) mass is 397 g/mol. The van der Waals surface area contributed by atoms with Gasteiger partial charge in [-0.3, -0.25) is 4.79 Å². The molecule has 2 aromatic heterocycles. The smallest absolute Gasteiger partial charge is 0.288 e. The molecular formula is C21H17ClFN3O2. The molecule has 0 aliphatic carbocycles. The predicted molar refractivity (Wildman–Crippen MR) is 105 cm³/mol. The van der Waals surface area contributed by atoms with E-state index >= 15 is 0 Å². The van der Waals surface area contributed by atoms with Crippen LogP contribution in [0.2, 0.25) is 5.02 Å². The minimum absolute atomic E-state index is 0.138. The van der Waals surface area contributed by atoms with E-state index in [9.17, 15) is 9.18 Å². The van der Waals surface area contributed by atoms with Gasteiger partial charge in [0.05, 0.1) is 5.02 Å². The number of nitrogens with zero attached hydrogens (tertiary/aromatic N) is 2. The molecule has 0 aliphatic rings. The summed E-state index contributed by atoms with van der Waals surface area (Å²) in [4.78, 5) is 17.3. The van der Waals surface area contributed by atoms with Gasteiger partial charge in [-0.2, -0.15) is 0 Å². The topological polar surface area (TPSA) is 60.1 Å². The summed E-state index contributed by atoms with van der Waals surface area (Å²) in [5, 5.41) is 4.04. The Morgan fingerprint density at radius 1 is 1.25 bits per heavy atom. The molecule has 142 valence electrons. The number of benzene rings is 2. The molecule has 28 heavy (non-hydrogen) atoms. The van der Waals surface area contributed by atoms with E-state index in [2.05, 4.69) is 10.3 Å². The summed E-state index contributed by atoms with van der Waals surface area (Å²) in [6, 6.07) is 10.8. The third kappa shape index (κ3) is 3.05. The Labute approximate surface area is 165 Å². The van der Waals surface area contributed by atoms with Gasteiger partial charge in [-0.25, -0.2) is 9.37 Å². The van der Waals surface area contributed by atoms with E-state index in [0.29, 0.717) is 27.6 Å². The number of imidazole rings is 1. The number of furan rings is 1. The number of fused-ring (bicyclic) bond motifs is 1. The van der Waals surface area contributed by atoms with E-state index in [1.807, 2.05) is 6.07 Å². The highest BCUT2D eigenvalue weighted by atomic mass is 35.5. The fraction of sp³-hybridized carbons (Fsp3) is 0.143. The summed E-state index contributed by atoms with van der Waals surface area (Å²) < 4.78 is 22.0. The maximum absolute atomic E-state index is 14.5. The zero-order chi connectivity index (χ0) is 19.8. The Hall–Kier alpha value is -3.12. The summed E-state index contributed by atoms with van der Waals surface area (Å²) in [6.45, 7) is 1.79. The second-order valence-electron chi connectivity index (χ2n) is 6.50. The first-order chi connectivity index (χ1) is 13.5. The van der Waals surface area contributed by atoms with Gasteiger partial charge < -0.3 is 14.3 Å². The van der Waals surface area contributed by atoms with Gasteiger partial charge in [0.2, 0.25) is 0 Å². The van der Waals surface area contributed by atoms with Crippen LogP contribution in [0.4, 0.5) is 4.39 Å². The second kappa shape index (κ2) is 7.13. The lowest BCUT2D eigenvalue weighted by atomic mass is 10.0. The molecule has 0 bridgehead atoms. The maximum atomic E-state index is 14.5.